The number of benzene rings is 2. The van der Waals surface area contributed by atoms with Crippen LogP contribution in [0.1, 0.15) is 34.0 Å². The third-order valence-corrected chi connectivity index (χ3v) is 7.10. The van der Waals surface area contributed by atoms with Crippen molar-refractivity contribution in [3.63, 3.8) is 0 Å². The predicted molar refractivity (Wildman–Crippen MR) is 108 cm³/mol. The Morgan fingerprint density at radius 1 is 1.14 bits per heavy atom. The molecule has 29 heavy (non-hydrogen) atoms. The Morgan fingerprint density at radius 2 is 1.90 bits per heavy atom. The number of hydrogen-bond donors (Lipinski definition) is 1. The van der Waals surface area contributed by atoms with Gasteiger partial charge in [-0.05, 0) is 59.5 Å². The number of hydrogen-bond acceptors (Lipinski definition) is 5. The summed E-state index contributed by atoms with van der Waals surface area (Å²) in [6.45, 7) is 1.78. The van der Waals surface area contributed by atoms with Gasteiger partial charge in [0.2, 0.25) is 0 Å². The zero-order valence-electron chi connectivity index (χ0n) is 15.3. The van der Waals surface area contributed by atoms with E-state index in [1.165, 1.54) is 24.3 Å². The number of aryl methyl sites for hydroxylation is 1. The van der Waals surface area contributed by atoms with Gasteiger partial charge in [-0.25, -0.2) is 13.2 Å². The number of nitriles is 1. The zero-order chi connectivity index (χ0) is 21.2. The van der Waals surface area contributed by atoms with Crippen LogP contribution >= 0.6 is 11.3 Å². The molecular formula is C21H16FNO4S2. The van der Waals surface area contributed by atoms with Crippen molar-refractivity contribution in [1.82, 2.24) is 0 Å². The first kappa shape index (κ1) is 20.7. The topological polar surface area (TPSA) is 95.2 Å². The SMILES string of the molecule is CCc1ccc(C(=O)O)cc1S(=O)(=O)Cc1cc(C#N)ccc1-c1ccc(F)s1. The lowest BCUT2D eigenvalue weighted by molar-refractivity contribution is 0.0696. The summed E-state index contributed by atoms with van der Waals surface area (Å²) in [5.41, 5.74) is 1.55. The Labute approximate surface area is 171 Å². The van der Waals surface area contributed by atoms with Gasteiger partial charge >= 0.3 is 5.97 Å². The highest BCUT2D eigenvalue weighted by Gasteiger charge is 2.23. The standard InChI is InChI=1S/C21H16FNO4S2/c1-2-14-4-5-15(21(24)25)10-19(14)29(26,27)12-16-9-13(11-23)3-6-17(16)18-7-8-20(22)28-18/h3-10H,2,12H2,1H3,(H,24,25). The third-order valence-electron chi connectivity index (χ3n) is 4.45. The molecule has 0 fully saturated rings. The van der Waals surface area contributed by atoms with E-state index in [2.05, 4.69) is 0 Å². The van der Waals surface area contributed by atoms with Gasteiger partial charge in [-0.1, -0.05) is 19.1 Å². The first-order chi connectivity index (χ1) is 13.7. The second kappa shape index (κ2) is 8.15. The molecule has 0 aliphatic carbocycles. The molecule has 0 saturated carbocycles. The van der Waals surface area contributed by atoms with E-state index in [4.69, 9.17) is 0 Å². The minimum Gasteiger partial charge on any atom is -0.478 e. The van der Waals surface area contributed by atoms with Crippen LogP contribution in [0.3, 0.4) is 0 Å². The van der Waals surface area contributed by atoms with Crippen molar-refractivity contribution in [3.05, 3.63) is 75.9 Å². The van der Waals surface area contributed by atoms with Crippen LogP contribution in [0, 0.1) is 16.5 Å². The molecule has 0 spiro atoms. The molecule has 0 atom stereocenters. The number of thiophene rings is 1. The number of aromatic carboxylic acids is 1. The molecule has 0 bridgehead atoms. The summed E-state index contributed by atoms with van der Waals surface area (Å²) in [6, 6.07) is 13.5. The maximum Gasteiger partial charge on any atom is 0.335 e. The fourth-order valence-electron chi connectivity index (χ4n) is 3.03. The van der Waals surface area contributed by atoms with Crippen LogP contribution < -0.4 is 0 Å². The van der Waals surface area contributed by atoms with Crippen molar-refractivity contribution in [3.8, 4) is 16.5 Å². The van der Waals surface area contributed by atoms with E-state index < -0.39 is 26.7 Å². The van der Waals surface area contributed by atoms with Crippen LogP contribution in [-0.2, 0) is 22.0 Å². The Hall–Kier alpha value is -3.02. The minimum atomic E-state index is -3.92. The van der Waals surface area contributed by atoms with Gasteiger partial charge in [0.1, 0.15) is 0 Å². The summed E-state index contributed by atoms with van der Waals surface area (Å²) in [5, 5.41) is 18.0. The highest BCUT2D eigenvalue weighted by molar-refractivity contribution is 7.90. The second-order valence-electron chi connectivity index (χ2n) is 6.33. The average Bonchev–Trinajstić information content (AvgIpc) is 3.13. The van der Waals surface area contributed by atoms with Gasteiger partial charge in [-0.15, -0.1) is 11.3 Å². The van der Waals surface area contributed by atoms with E-state index in [0.717, 1.165) is 17.4 Å². The summed E-state index contributed by atoms with van der Waals surface area (Å²) in [4.78, 5) is 11.8. The van der Waals surface area contributed by atoms with Crippen LogP contribution in [-0.4, -0.2) is 19.5 Å². The number of carbonyl (C=O) groups is 1. The molecule has 2 aromatic carbocycles. The molecule has 148 valence electrons. The van der Waals surface area contributed by atoms with Gasteiger partial charge in [-0.2, -0.15) is 9.65 Å². The second-order valence-corrected chi connectivity index (χ2v) is 9.32. The Balaban J connectivity index is 2.13. The molecule has 3 rings (SSSR count). The number of carboxylic acids is 1. The quantitative estimate of drug-likeness (QED) is 0.615. The van der Waals surface area contributed by atoms with E-state index in [0.29, 0.717) is 28.0 Å². The van der Waals surface area contributed by atoms with E-state index in [-0.39, 0.29) is 16.0 Å². The molecule has 1 N–H and O–H groups in total. The average molecular weight is 429 g/mol. The summed E-state index contributed by atoms with van der Waals surface area (Å²) in [6.07, 6.45) is 0.412. The molecule has 3 aromatic rings. The van der Waals surface area contributed by atoms with Gasteiger partial charge in [0.25, 0.3) is 0 Å². The van der Waals surface area contributed by atoms with Crippen molar-refractivity contribution < 1.29 is 22.7 Å². The van der Waals surface area contributed by atoms with Crippen LogP contribution in [0.2, 0.25) is 0 Å². The molecule has 1 aromatic heterocycles. The Kier molecular flexibility index (Phi) is 5.82. The molecule has 0 saturated heterocycles. The van der Waals surface area contributed by atoms with Crippen molar-refractivity contribution in [2.45, 2.75) is 24.0 Å². The lowest BCUT2D eigenvalue weighted by Gasteiger charge is -2.13. The normalized spacial score (nSPS) is 11.2. The maximum absolute atomic E-state index is 13.5. The molecule has 5 nitrogen and oxygen atoms in total. The van der Waals surface area contributed by atoms with E-state index >= 15 is 0 Å². The molecule has 0 unspecified atom stereocenters. The van der Waals surface area contributed by atoms with Crippen LogP contribution in [0.25, 0.3) is 10.4 Å². The maximum atomic E-state index is 13.5. The fraction of sp³-hybridized carbons (Fsp3) is 0.143. The van der Waals surface area contributed by atoms with Crippen LogP contribution in [0.5, 0.6) is 0 Å². The Morgan fingerprint density at radius 3 is 2.48 bits per heavy atom. The summed E-state index contributed by atoms with van der Waals surface area (Å²) >= 11 is 0.882. The summed E-state index contributed by atoms with van der Waals surface area (Å²) < 4.78 is 39.9. The molecule has 0 aliphatic rings. The molecule has 0 amide bonds. The minimum absolute atomic E-state index is 0.0504. The fourth-order valence-corrected chi connectivity index (χ4v) is 5.55. The first-order valence-electron chi connectivity index (χ1n) is 8.63. The highest BCUT2D eigenvalue weighted by Crippen LogP contribution is 2.33. The zero-order valence-corrected chi connectivity index (χ0v) is 17.0. The molecule has 0 radical (unpaired) electrons. The summed E-state index contributed by atoms with van der Waals surface area (Å²) in [5.74, 6) is -1.65. The molecular weight excluding hydrogens is 413 g/mol. The van der Waals surface area contributed by atoms with Gasteiger partial charge in [0.15, 0.2) is 15.0 Å². The predicted octanol–water partition coefficient (Wildman–Crippen LogP) is 4.66. The number of nitrogens with zero attached hydrogens (tertiary/aromatic N) is 1. The van der Waals surface area contributed by atoms with Gasteiger partial charge in [0, 0.05) is 4.88 Å². The first-order valence-corrected chi connectivity index (χ1v) is 11.1. The number of rotatable bonds is 6. The van der Waals surface area contributed by atoms with E-state index in [1.54, 1.807) is 25.1 Å². The lowest BCUT2D eigenvalue weighted by Crippen LogP contribution is -2.11. The van der Waals surface area contributed by atoms with E-state index in [1.807, 2.05) is 6.07 Å². The Bertz CT molecular complexity index is 1240. The van der Waals surface area contributed by atoms with Crippen molar-refractivity contribution >= 4 is 27.1 Å². The van der Waals surface area contributed by atoms with E-state index in [9.17, 15) is 28.0 Å². The van der Waals surface area contributed by atoms with Crippen LogP contribution in [0.15, 0.2) is 53.4 Å². The summed E-state index contributed by atoms with van der Waals surface area (Å²) in [7, 11) is -3.92. The number of sulfone groups is 1. The largest absolute Gasteiger partial charge is 0.478 e. The van der Waals surface area contributed by atoms with Crippen LogP contribution in [0.4, 0.5) is 4.39 Å². The molecule has 8 heteroatoms. The smallest absolute Gasteiger partial charge is 0.335 e. The van der Waals surface area contributed by atoms with Gasteiger partial charge < -0.3 is 5.11 Å². The van der Waals surface area contributed by atoms with Gasteiger partial charge in [-0.3, -0.25) is 0 Å². The van der Waals surface area contributed by atoms with Crippen molar-refractivity contribution in [2.24, 2.45) is 0 Å². The third kappa shape index (κ3) is 4.36. The molecule has 0 aliphatic heterocycles. The number of halogens is 1. The lowest BCUT2D eigenvalue weighted by atomic mass is 10.0. The van der Waals surface area contributed by atoms with Crippen molar-refractivity contribution in [2.75, 3.05) is 0 Å². The van der Waals surface area contributed by atoms with Gasteiger partial charge in [0.05, 0.1) is 27.8 Å². The number of carboxylic acid groups (broad SMARTS) is 1. The monoisotopic (exact) mass is 429 g/mol. The molecule has 1 heterocycles. The van der Waals surface area contributed by atoms with Crippen molar-refractivity contribution in [1.29, 1.82) is 5.26 Å². The highest BCUT2D eigenvalue weighted by atomic mass is 32.2.